The third kappa shape index (κ3) is 6.91. The molecule has 1 fully saturated rings. The van der Waals surface area contributed by atoms with Gasteiger partial charge in [0.05, 0.1) is 18.7 Å². The summed E-state index contributed by atoms with van der Waals surface area (Å²) in [5.41, 5.74) is 1.32. The van der Waals surface area contributed by atoms with E-state index in [1.54, 1.807) is 44.2 Å². The number of carboxylic acids is 1. The molecule has 9 heteroatoms. The maximum Gasteiger partial charge on any atom is 0.326 e. The molecule has 0 radical (unpaired) electrons. The molecule has 0 aromatic heterocycles. The zero-order valence-electron chi connectivity index (χ0n) is 20.6. The van der Waals surface area contributed by atoms with Gasteiger partial charge in [0, 0.05) is 12.1 Å². The van der Waals surface area contributed by atoms with Crippen molar-refractivity contribution in [2.75, 3.05) is 13.2 Å². The second-order valence-electron chi connectivity index (χ2n) is 8.78. The summed E-state index contributed by atoms with van der Waals surface area (Å²) in [6.45, 7) is 3.73. The van der Waals surface area contributed by atoms with Gasteiger partial charge in [0.15, 0.2) is 0 Å². The molecule has 2 unspecified atom stereocenters. The van der Waals surface area contributed by atoms with E-state index in [2.05, 4.69) is 10.6 Å². The highest BCUT2D eigenvalue weighted by Crippen LogP contribution is 2.19. The SMILES string of the molecule is CCOC(=O)C(NC(C)C(=O)N1CCC[C@H]1C(=O)O)[C@H](Cc1ccccc1)NC(=O)c1ccccc1. The molecule has 1 saturated heterocycles. The molecule has 0 bridgehead atoms. The van der Waals surface area contributed by atoms with Gasteiger partial charge in [-0.1, -0.05) is 48.5 Å². The van der Waals surface area contributed by atoms with Crippen LogP contribution in [0.4, 0.5) is 0 Å². The maximum absolute atomic E-state index is 13.2. The molecule has 2 amide bonds. The lowest BCUT2D eigenvalue weighted by Gasteiger charge is -2.32. The molecule has 2 aromatic carbocycles. The Morgan fingerprint density at radius 1 is 1.06 bits per heavy atom. The van der Waals surface area contributed by atoms with Crippen LogP contribution in [0.25, 0.3) is 0 Å². The number of hydrogen-bond acceptors (Lipinski definition) is 6. The van der Waals surface area contributed by atoms with Crippen molar-refractivity contribution in [3.8, 4) is 0 Å². The normalized spacial score (nSPS) is 17.6. The Labute approximate surface area is 210 Å². The second kappa shape index (κ2) is 12.8. The molecule has 0 saturated carbocycles. The lowest BCUT2D eigenvalue weighted by molar-refractivity contribution is -0.150. The fourth-order valence-electron chi connectivity index (χ4n) is 4.42. The maximum atomic E-state index is 13.2. The number of carboxylic acid groups (broad SMARTS) is 1. The van der Waals surface area contributed by atoms with Crippen LogP contribution in [-0.4, -0.2) is 71.1 Å². The zero-order chi connectivity index (χ0) is 26.1. The van der Waals surface area contributed by atoms with E-state index >= 15 is 0 Å². The Balaban J connectivity index is 1.87. The van der Waals surface area contributed by atoms with Crippen LogP contribution in [0.5, 0.6) is 0 Å². The smallest absolute Gasteiger partial charge is 0.326 e. The van der Waals surface area contributed by atoms with Crippen LogP contribution in [0.3, 0.4) is 0 Å². The van der Waals surface area contributed by atoms with Crippen LogP contribution in [0.2, 0.25) is 0 Å². The predicted octanol–water partition coefficient (Wildman–Crippen LogP) is 2.01. The molecule has 36 heavy (non-hydrogen) atoms. The Morgan fingerprint density at radius 2 is 1.69 bits per heavy atom. The van der Waals surface area contributed by atoms with Gasteiger partial charge in [0.2, 0.25) is 5.91 Å². The molecule has 4 atom stereocenters. The van der Waals surface area contributed by atoms with Gasteiger partial charge in [0.25, 0.3) is 5.91 Å². The standard InChI is InChI=1S/C27H33N3O6/c1-3-36-27(35)23(28-18(2)25(32)30-16-10-15-22(30)26(33)34)21(17-19-11-6-4-7-12-19)29-24(31)20-13-8-5-9-14-20/h4-9,11-14,18,21-23,28H,3,10,15-17H2,1-2H3,(H,29,31)(H,33,34)/t18?,21-,22-,23?/m0/s1. The van der Waals surface area contributed by atoms with Crippen molar-refractivity contribution in [1.82, 2.24) is 15.5 Å². The molecule has 0 spiro atoms. The van der Waals surface area contributed by atoms with Crippen LogP contribution in [-0.2, 0) is 25.5 Å². The van der Waals surface area contributed by atoms with Gasteiger partial charge < -0.3 is 20.1 Å². The van der Waals surface area contributed by atoms with E-state index < -0.39 is 42.0 Å². The largest absolute Gasteiger partial charge is 0.480 e. The average Bonchev–Trinajstić information content (AvgIpc) is 3.38. The molecule has 0 aliphatic carbocycles. The molecular weight excluding hydrogens is 462 g/mol. The van der Waals surface area contributed by atoms with Crippen molar-refractivity contribution >= 4 is 23.8 Å². The Kier molecular flexibility index (Phi) is 9.58. The molecule has 2 aromatic rings. The van der Waals surface area contributed by atoms with Crippen LogP contribution in [0.15, 0.2) is 60.7 Å². The number of nitrogens with one attached hydrogen (secondary N) is 2. The number of carbonyl (C=O) groups excluding carboxylic acids is 3. The highest BCUT2D eigenvalue weighted by atomic mass is 16.5. The van der Waals surface area contributed by atoms with Crippen LogP contribution in [0, 0.1) is 0 Å². The van der Waals surface area contributed by atoms with Crippen molar-refractivity contribution in [3.05, 3.63) is 71.8 Å². The number of aliphatic carboxylic acids is 1. The van der Waals surface area contributed by atoms with Crippen molar-refractivity contribution in [1.29, 1.82) is 0 Å². The van der Waals surface area contributed by atoms with Gasteiger partial charge >= 0.3 is 11.9 Å². The third-order valence-electron chi connectivity index (χ3n) is 6.21. The van der Waals surface area contributed by atoms with E-state index in [9.17, 15) is 24.3 Å². The second-order valence-corrected chi connectivity index (χ2v) is 8.78. The minimum Gasteiger partial charge on any atom is -0.480 e. The van der Waals surface area contributed by atoms with Crippen molar-refractivity contribution < 1.29 is 29.0 Å². The summed E-state index contributed by atoms with van der Waals surface area (Å²) in [6, 6.07) is 14.5. The van der Waals surface area contributed by atoms with Crippen LogP contribution >= 0.6 is 0 Å². The van der Waals surface area contributed by atoms with Gasteiger partial charge in [-0.15, -0.1) is 0 Å². The topological polar surface area (TPSA) is 125 Å². The first kappa shape index (κ1) is 26.9. The first-order valence-corrected chi connectivity index (χ1v) is 12.2. The number of esters is 1. The number of nitrogens with zero attached hydrogens (tertiary/aromatic N) is 1. The van der Waals surface area contributed by atoms with Crippen molar-refractivity contribution in [3.63, 3.8) is 0 Å². The zero-order valence-corrected chi connectivity index (χ0v) is 20.6. The van der Waals surface area contributed by atoms with E-state index in [4.69, 9.17) is 4.74 Å². The number of benzene rings is 2. The lowest BCUT2D eigenvalue weighted by atomic mass is 9.97. The summed E-state index contributed by atoms with van der Waals surface area (Å²) in [6.07, 6.45) is 1.29. The predicted molar refractivity (Wildman–Crippen MR) is 133 cm³/mol. The Morgan fingerprint density at radius 3 is 2.31 bits per heavy atom. The summed E-state index contributed by atoms with van der Waals surface area (Å²) in [5.74, 6) is -2.44. The highest BCUT2D eigenvalue weighted by molar-refractivity contribution is 5.95. The molecule has 192 valence electrons. The minimum atomic E-state index is -1.05. The highest BCUT2D eigenvalue weighted by Gasteiger charge is 2.39. The summed E-state index contributed by atoms with van der Waals surface area (Å²) in [5, 5.41) is 15.5. The van der Waals surface area contributed by atoms with Gasteiger partial charge in [-0.2, -0.15) is 0 Å². The van der Waals surface area contributed by atoms with Crippen molar-refractivity contribution in [2.45, 2.75) is 57.3 Å². The van der Waals surface area contributed by atoms with E-state index in [0.29, 0.717) is 31.4 Å². The first-order chi connectivity index (χ1) is 17.3. The molecule has 9 nitrogen and oxygen atoms in total. The molecule has 1 heterocycles. The van der Waals surface area contributed by atoms with E-state index in [0.717, 1.165) is 5.56 Å². The Bertz CT molecular complexity index is 1050. The van der Waals surface area contributed by atoms with Crippen LogP contribution in [0.1, 0.15) is 42.6 Å². The lowest BCUT2D eigenvalue weighted by Crippen LogP contribution is -2.60. The average molecular weight is 496 g/mol. The number of amides is 2. The number of hydrogen-bond donors (Lipinski definition) is 3. The van der Waals surface area contributed by atoms with Gasteiger partial charge in [-0.3, -0.25) is 19.7 Å². The van der Waals surface area contributed by atoms with E-state index in [1.165, 1.54) is 4.90 Å². The number of ether oxygens (including phenoxy) is 1. The van der Waals surface area contributed by atoms with Crippen molar-refractivity contribution in [2.24, 2.45) is 0 Å². The fraction of sp³-hybridized carbons (Fsp3) is 0.407. The van der Waals surface area contributed by atoms with E-state index in [-0.39, 0.29) is 12.5 Å². The molecule has 1 aliphatic rings. The first-order valence-electron chi connectivity index (χ1n) is 12.2. The van der Waals surface area contributed by atoms with Gasteiger partial charge in [-0.25, -0.2) is 4.79 Å². The van der Waals surface area contributed by atoms with Gasteiger partial charge in [0.1, 0.15) is 12.1 Å². The number of carbonyl (C=O) groups is 4. The summed E-state index contributed by atoms with van der Waals surface area (Å²) in [4.78, 5) is 52.2. The molecule has 3 N–H and O–H groups in total. The quantitative estimate of drug-likeness (QED) is 0.407. The Hall–Kier alpha value is -3.72. The van der Waals surface area contributed by atoms with Gasteiger partial charge in [-0.05, 0) is 50.8 Å². The summed E-state index contributed by atoms with van der Waals surface area (Å²) in [7, 11) is 0. The number of rotatable bonds is 11. The fourth-order valence-corrected chi connectivity index (χ4v) is 4.42. The molecule has 1 aliphatic heterocycles. The van der Waals surface area contributed by atoms with Crippen LogP contribution < -0.4 is 10.6 Å². The minimum absolute atomic E-state index is 0.122. The summed E-state index contributed by atoms with van der Waals surface area (Å²) < 4.78 is 5.30. The third-order valence-corrected chi connectivity index (χ3v) is 6.21. The summed E-state index contributed by atoms with van der Waals surface area (Å²) >= 11 is 0. The number of likely N-dealkylation sites (tertiary alicyclic amines) is 1. The monoisotopic (exact) mass is 495 g/mol. The van der Waals surface area contributed by atoms with E-state index in [1.807, 2.05) is 30.3 Å². The molecule has 3 rings (SSSR count). The molecular formula is C27H33N3O6.